The number of fused-ring (bicyclic) bond motifs is 1. The van der Waals surface area contributed by atoms with Gasteiger partial charge in [0.2, 0.25) is 0 Å². The molecule has 1 fully saturated rings. The minimum Gasteiger partial charge on any atom is -0.390 e. The summed E-state index contributed by atoms with van der Waals surface area (Å²) in [5.74, 6) is 0.335. The highest BCUT2D eigenvalue weighted by Crippen LogP contribution is 2.27. The minimum atomic E-state index is -0.658. The van der Waals surface area contributed by atoms with E-state index in [9.17, 15) is 14.7 Å². The Kier molecular flexibility index (Phi) is 6.35. The van der Waals surface area contributed by atoms with Crippen molar-refractivity contribution in [1.82, 2.24) is 20.2 Å². The van der Waals surface area contributed by atoms with Crippen molar-refractivity contribution < 1.29 is 14.7 Å². The Bertz CT molecular complexity index is 900. The van der Waals surface area contributed by atoms with Crippen LogP contribution in [-0.2, 0) is 17.8 Å². The van der Waals surface area contributed by atoms with Gasteiger partial charge in [0.25, 0.3) is 5.91 Å². The largest absolute Gasteiger partial charge is 0.390 e. The number of carbonyl (C=O) groups excluding carboxylic acids is 2. The number of aliphatic hydroxyl groups excluding tert-OH is 1. The molecule has 0 spiro atoms. The molecule has 1 amide bonds. The fraction of sp³-hybridized carbons (Fsp3) is 0.455. The van der Waals surface area contributed by atoms with Gasteiger partial charge >= 0.3 is 0 Å². The predicted octanol–water partition coefficient (Wildman–Crippen LogP) is 1.01. The van der Waals surface area contributed by atoms with Crippen molar-refractivity contribution in [3.8, 4) is 0 Å². The highest BCUT2D eigenvalue weighted by molar-refractivity contribution is 5.92. The second kappa shape index (κ2) is 9.32. The zero-order chi connectivity index (χ0) is 20.9. The van der Waals surface area contributed by atoms with E-state index < -0.39 is 6.10 Å². The number of β-amino-alcohol motifs (C(OH)–C–C–N with tert-alkyl or cyclic N) is 1. The summed E-state index contributed by atoms with van der Waals surface area (Å²) >= 11 is 0. The number of carbonyl (C=O) groups is 2. The van der Waals surface area contributed by atoms with Gasteiger partial charge in [0.1, 0.15) is 24.1 Å². The molecule has 1 aliphatic heterocycles. The van der Waals surface area contributed by atoms with Gasteiger partial charge in [-0.05, 0) is 30.4 Å². The smallest absolute Gasteiger partial charge is 0.270 e. The molecule has 1 atom stereocenters. The number of hydrogen-bond acceptors (Lipinski definition) is 7. The Morgan fingerprint density at radius 3 is 2.87 bits per heavy atom. The van der Waals surface area contributed by atoms with Crippen LogP contribution in [-0.4, -0.2) is 63.9 Å². The summed E-state index contributed by atoms with van der Waals surface area (Å²) in [6.45, 7) is 2.38. The second-order valence-corrected chi connectivity index (χ2v) is 8.11. The lowest BCUT2D eigenvalue weighted by Gasteiger charge is -2.32. The Balaban J connectivity index is 1.23. The van der Waals surface area contributed by atoms with Crippen LogP contribution in [0.4, 0.5) is 5.82 Å². The van der Waals surface area contributed by atoms with Crippen LogP contribution in [0.2, 0.25) is 0 Å². The van der Waals surface area contributed by atoms with Gasteiger partial charge in [0.05, 0.1) is 6.10 Å². The molecule has 1 aliphatic carbocycles. The van der Waals surface area contributed by atoms with Gasteiger partial charge in [-0.1, -0.05) is 24.3 Å². The first-order chi connectivity index (χ1) is 14.6. The van der Waals surface area contributed by atoms with E-state index in [1.165, 1.54) is 17.5 Å². The number of anilines is 1. The molecule has 1 saturated carbocycles. The topological polar surface area (TPSA) is 107 Å². The van der Waals surface area contributed by atoms with E-state index in [2.05, 4.69) is 43.7 Å². The van der Waals surface area contributed by atoms with Crippen LogP contribution >= 0.6 is 0 Å². The quantitative estimate of drug-likeness (QED) is 0.559. The van der Waals surface area contributed by atoms with Crippen LogP contribution < -0.4 is 10.6 Å². The molecule has 1 aromatic heterocycles. The van der Waals surface area contributed by atoms with Crippen molar-refractivity contribution in [1.29, 1.82) is 0 Å². The average molecular weight is 409 g/mol. The SMILES string of the molecule is O=CC1CC(Nc2cc(C(=O)NCC(O)CN3CCc4ccccc4C3)ncn2)C1. The minimum absolute atomic E-state index is 0.113. The highest BCUT2D eigenvalue weighted by Gasteiger charge is 2.29. The summed E-state index contributed by atoms with van der Waals surface area (Å²) in [4.78, 5) is 33.5. The van der Waals surface area contributed by atoms with Crippen LogP contribution in [0.3, 0.4) is 0 Å². The number of aliphatic hydroxyl groups is 1. The number of benzene rings is 1. The monoisotopic (exact) mass is 409 g/mol. The van der Waals surface area contributed by atoms with Crippen LogP contribution in [0.5, 0.6) is 0 Å². The maximum Gasteiger partial charge on any atom is 0.270 e. The first-order valence-corrected chi connectivity index (χ1v) is 10.4. The van der Waals surface area contributed by atoms with Gasteiger partial charge in [-0.2, -0.15) is 0 Å². The highest BCUT2D eigenvalue weighted by atomic mass is 16.3. The van der Waals surface area contributed by atoms with Gasteiger partial charge in [-0.25, -0.2) is 9.97 Å². The van der Waals surface area contributed by atoms with E-state index in [0.717, 1.165) is 38.6 Å². The van der Waals surface area contributed by atoms with Crippen LogP contribution in [0, 0.1) is 5.92 Å². The molecule has 0 saturated heterocycles. The van der Waals surface area contributed by atoms with Crippen LogP contribution in [0.25, 0.3) is 0 Å². The lowest BCUT2D eigenvalue weighted by molar-refractivity contribution is -0.113. The fourth-order valence-corrected chi connectivity index (χ4v) is 4.03. The number of aldehydes is 1. The molecule has 0 radical (unpaired) electrons. The van der Waals surface area contributed by atoms with E-state index in [0.29, 0.717) is 12.4 Å². The van der Waals surface area contributed by atoms with Crippen molar-refractivity contribution in [2.75, 3.05) is 25.0 Å². The van der Waals surface area contributed by atoms with E-state index in [-0.39, 0.29) is 30.1 Å². The van der Waals surface area contributed by atoms with Gasteiger partial charge in [-0.15, -0.1) is 0 Å². The number of nitrogens with one attached hydrogen (secondary N) is 2. The Hall–Kier alpha value is -2.84. The van der Waals surface area contributed by atoms with Crippen LogP contribution in [0.1, 0.15) is 34.5 Å². The molecule has 0 bridgehead atoms. The first-order valence-electron chi connectivity index (χ1n) is 10.4. The molecule has 2 aromatic rings. The molecule has 8 heteroatoms. The van der Waals surface area contributed by atoms with Crippen molar-refractivity contribution >= 4 is 18.0 Å². The van der Waals surface area contributed by atoms with E-state index in [1.54, 1.807) is 6.07 Å². The van der Waals surface area contributed by atoms with E-state index in [4.69, 9.17) is 0 Å². The first kappa shape index (κ1) is 20.4. The fourth-order valence-electron chi connectivity index (χ4n) is 4.03. The lowest BCUT2D eigenvalue weighted by Crippen LogP contribution is -2.42. The van der Waals surface area contributed by atoms with Crippen molar-refractivity contribution in [3.05, 3.63) is 53.5 Å². The summed E-state index contributed by atoms with van der Waals surface area (Å²) < 4.78 is 0. The molecule has 1 unspecified atom stereocenters. The maximum atomic E-state index is 12.4. The third-order valence-electron chi connectivity index (χ3n) is 5.80. The van der Waals surface area contributed by atoms with Gasteiger partial charge < -0.3 is 20.5 Å². The Morgan fingerprint density at radius 1 is 1.27 bits per heavy atom. The number of aromatic nitrogens is 2. The summed E-state index contributed by atoms with van der Waals surface area (Å²) in [6, 6.07) is 10.2. The van der Waals surface area contributed by atoms with E-state index in [1.807, 2.05) is 6.07 Å². The summed E-state index contributed by atoms with van der Waals surface area (Å²) in [5, 5.41) is 16.3. The summed E-state index contributed by atoms with van der Waals surface area (Å²) in [5.41, 5.74) is 2.91. The standard InChI is InChI=1S/C22H27N5O3/c28-13-15-7-18(8-15)26-21-9-20(24-14-25-21)22(30)23-10-19(29)12-27-6-5-16-3-1-2-4-17(16)11-27/h1-4,9,13-15,18-19,29H,5-8,10-12H2,(H,23,30)(H,24,25,26). The third-order valence-corrected chi connectivity index (χ3v) is 5.80. The van der Waals surface area contributed by atoms with Crippen molar-refractivity contribution in [2.24, 2.45) is 5.92 Å². The molecular formula is C22H27N5O3. The van der Waals surface area contributed by atoms with E-state index >= 15 is 0 Å². The number of hydrogen-bond donors (Lipinski definition) is 3. The average Bonchev–Trinajstić information content (AvgIpc) is 2.74. The second-order valence-electron chi connectivity index (χ2n) is 8.11. The summed E-state index contributed by atoms with van der Waals surface area (Å²) in [6.07, 6.45) is 4.19. The number of amides is 1. The van der Waals surface area contributed by atoms with Gasteiger partial charge in [0, 0.05) is 44.2 Å². The molecule has 158 valence electrons. The van der Waals surface area contributed by atoms with Crippen molar-refractivity contribution in [2.45, 2.75) is 38.0 Å². The molecule has 1 aromatic carbocycles. The van der Waals surface area contributed by atoms with Gasteiger partial charge in [0.15, 0.2) is 0 Å². The third kappa shape index (κ3) is 5.01. The Morgan fingerprint density at radius 2 is 2.07 bits per heavy atom. The number of rotatable bonds is 8. The van der Waals surface area contributed by atoms with Crippen molar-refractivity contribution in [3.63, 3.8) is 0 Å². The van der Waals surface area contributed by atoms with Gasteiger partial charge in [-0.3, -0.25) is 9.69 Å². The van der Waals surface area contributed by atoms with Crippen LogP contribution in [0.15, 0.2) is 36.7 Å². The molecular weight excluding hydrogens is 382 g/mol. The maximum absolute atomic E-state index is 12.4. The predicted molar refractivity (Wildman–Crippen MR) is 112 cm³/mol. The normalized spacial score (nSPS) is 21.8. The molecule has 4 rings (SSSR count). The summed E-state index contributed by atoms with van der Waals surface area (Å²) in [7, 11) is 0. The molecule has 2 aliphatic rings. The zero-order valence-corrected chi connectivity index (χ0v) is 16.8. The zero-order valence-electron chi connectivity index (χ0n) is 16.8. The lowest BCUT2D eigenvalue weighted by atomic mass is 9.81. The molecule has 8 nitrogen and oxygen atoms in total. The molecule has 3 N–H and O–H groups in total. The molecule has 2 heterocycles. The number of nitrogens with zero attached hydrogens (tertiary/aromatic N) is 3. The Labute approximate surface area is 175 Å². The molecule has 30 heavy (non-hydrogen) atoms.